The van der Waals surface area contributed by atoms with Gasteiger partial charge in [0.1, 0.15) is 0 Å². The number of unbranched alkanes of at least 4 members (excludes halogenated alkanes) is 13. The smallest absolute Gasteiger partial charge is 0.304 e. The normalized spacial score (nSPS) is 19.1. The quantitative estimate of drug-likeness (QED) is 0.123. The van der Waals surface area contributed by atoms with E-state index in [-0.39, 0.29) is 23.8 Å². The van der Waals surface area contributed by atoms with Gasteiger partial charge in [-0.05, 0) is 25.2 Å². The van der Waals surface area contributed by atoms with E-state index < -0.39 is 16.3 Å². The Hall–Kier alpha value is -0.700. The number of rotatable bonds is 23. The predicted molar refractivity (Wildman–Crippen MR) is 148 cm³/mol. The minimum absolute atomic E-state index is 0.112. The van der Waals surface area contributed by atoms with E-state index in [4.69, 9.17) is 9.47 Å². The average molecular weight is 533 g/mol. The molecule has 1 aliphatic heterocycles. The van der Waals surface area contributed by atoms with Crippen LogP contribution in [-0.2, 0) is 24.3 Å². The molecule has 0 spiro atoms. The first-order valence-corrected chi connectivity index (χ1v) is 16.4. The van der Waals surface area contributed by atoms with Crippen molar-refractivity contribution in [2.45, 2.75) is 149 Å². The number of esters is 1. The van der Waals surface area contributed by atoms with Crippen molar-refractivity contribution in [3.8, 4) is 0 Å². The van der Waals surface area contributed by atoms with E-state index in [9.17, 15) is 13.2 Å². The highest BCUT2D eigenvalue weighted by Gasteiger charge is 2.31. The summed E-state index contributed by atoms with van der Waals surface area (Å²) in [5.41, 5.74) is 0. The molecule has 3 atom stereocenters. The fourth-order valence-corrected chi connectivity index (χ4v) is 6.27. The molecule has 1 rings (SSSR count). The number of hydrogen-bond donors (Lipinski definition) is 2. The second-order valence-corrected chi connectivity index (χ2v) is 12.9. The van der Waals surface area contributed by atoms with Crippen LogP contribution >= 0.6 is 0 Å². The average Bonchev–Trinajstić information content (AvgIpc) is 3.23. The van der Waals surface area contributed by atoms with Crippen molar-refractivity contribution in [1.82, 2.24) is 10.0 Å². The molecule has 1 heterocycles. The van der Waals surface area contributed by atoms with E-state index in [0.717, 1.165) is 25.7 Å². The van der Waals surface area contributed by atoms with Gasteiger partial charge in [-0.25, -0.2) is 13.1 Å². The molecular weight excluding hydrogens is 476 g/mol. The Balaban J connectivity index is 2.18. The summed E-state index contributed by atoms with van der Waals surface area (Å²) in [5, 5.41) is 3.36. The summed E-state index contributed by atoms with van der Waals surface area (Å²) in [6, 6.07) is -0.306. The van der Waals surface area contributed by atoms with Crippen LogP contribution in [0.5, 0.6) is 0 Å². The summed E-state index contributed by atoms with van der Waals surface area (Å²) in [6.07, 6.45) is 18.4. The van der Waals surface area contributed by atoms with Crippen LogP contribution in [0, 0.1) is 5.92 Å². The first-order valence-electron chi connectivity index (χ1n) is 14.8. The van der Waals surface area contributed by atoms with Crippen molar-refractivity contribution in [3.05, 3.63) is 0 Å². The van der Waals surface area contributed by atoms with Gasteiger partial charge in [0.2, 0.25) is 16.3 Å². The summed E-state index contributed by atoms with van der Waals surface area (Å²) in [7, 11) is -3.33. The minimum Gasteiger partial charge on any atom is -0.434 e. The summed E-state index contributed by atoms with van der Waals surface area (Å²) in [4.78, 5) is 11.3. The molecule has 8 heteroatoms. The minimum atomic E-state index is -3.33. The topological polar surface area (TPSA) is 93.7 Å². The van der Waals surface area contributed by atoms with Gasteiger partial charge in [0.05, 0.1) is 18.4 Å². The molecule has 1 aliphatic rings. The van der Waals surface area contributed by atoms with Crippen molar-refractivity contribution in [2.24, 2.45) is 5.92 Å². The summed E-state index contributed by atoms with van der Waals surface area (Å²) < 4.78 is 39.0. The Bertz CT molecular complexity index is 656. The molecule has 0 unspecified atom stereocenters. The molecule has 0 aromatic carbocycles. The van der Waals surface area contributed by atoms with Gasteiger partial charge in [-0.3, -0.25) is 4.79 Å². The third-order valence-electron chi connectivity index (χ3n) is 6.82. The zero-order valence-corrected chi connectivity index (χ0v) is 24.5. The van der Waals surface area contributed by atoms with E-state index in [1.54, 1.807) is 0 Å². The molecule has 36 heavy (non-hydrogen) atoms. The van der Waals surface area contributed by atoms with Crippen LogP contribution in [0.1, 0.15) is 130 Å². The summed E-state index contributed by atoms with van der Waals surface area (Å²) in [6.45, 7) is 8.82. The molecule has 0 aliphatic carbocycles. The van der Waals surface area contributed by atoms with Crippen LogP contribution in [0.3, 0.4) is 0 Å². The molecule has 214 valence electrons. The number of carbonyl (C=O) groups is 1. The zero-order valence-electron chi connectivity index (χ0n) is 23.7. The lowest BCUT2D eigenvalue weighted by molar-refractivity contribution is -0.170. The molecular formula is C28H56N2O5S. The molecule has 1 saturated heterocycles. The van der Waals surface area contributed by atoms with E-state index in [2.05, 4.69) is 30.8 Å². The first-order chi connectivity index (χ1) is 17.2. The number of hydrogen-bond acceptors (Lipinski definition) is 6. The van der Waals surface area contributed by atoms with Crippen LogP contribution in [0.15, 0.2) is 0 Å². The Morgan fingerprint density at radius 1 is 0.917 bits per heavy atom. The Kier molecular flexibility index (Phi) is 18.8. The number of carbonyl (C=O) groups excluding carboxylic acids is 1. The van der Waals surface area contributed by atoms with Crippen molar-refractivity contribution in [2.75, 3.05) is 18.9 Å². The fraction of sp³-hybridized carbons (Fsp3) is 0.964. The molecule has 0 bridgehead atoms. The predicted octanol–water partition coefficient (Wildman–Crippen LogP) is 6.07. The van der Waals surface area contributed by atoms with Crippen LogP contribution < -0.4 is 10.0 Å². The van der Waals surface area contributed by atoms with Crippen LogP contribution in [-0.4, -0.2) is 51.7 Å². The largest absolute Gasteiger partial charge is 0.434 e. The zero-order chi connectivity index (χ0) is 26.7. The lowest BCUT2D eigenvalue weighted by Gasteiger charge is -2.25. The molecule has 2 N–H and O–H groups in total. The molecule has 1 fully saturated rings. The van der Waals surface area contributed by atoms with Crippen molar-refractivity contribution in [3.63, 3.8) is 0 Å². The van der Waals surface area contributed by atoms with Crippen molar-refractivity contribution in [1.29, 1.82) is 0 Å². The van der Waals surface area contributed by atoms with E-state index in [0.29, 0.717) is 25.5 Å². The van der Waals surface area contributed by atoms with Gasteiger partial charge < -0.3 is 14.8 Å². The molecule has 0 radical (unpaired) electrons. The van der Waals surface area contributed by atoms with E-state index in [1.165, 1.54) is 77.6 Å². The lowest BCUT2D eigenvalue weighted by atomic mass is 10.0. The molecule has 0 aromatic heterocycles. The third kappa shape index (κ3) is 17.7. The van der Waals surface area contributed by atoms with Gasteiger partial charge in [-0.1, -0.05) is 104 Å². The third-order valence-corrected chi connectivity index (χ3v) is 8.34. The van der Waals surface area contributed by atoms with Crippen LogP contribution in [0.4, 0.5) is 0 Å². The SMILES string of the molecule is CCCCCCCCCCCCCCCCS(=O)(=O)N[C@@H](CN[C@H]1CCO[C@H]1OC(C)=O)CC(C)C. The summed E-state index contributed by atoms with van der Waals surface area (Å²) in [5.74, 6) is 0.174. The fourth-order valence-electron chi connectivity index (χ4n) is 4.88. The van der Waals surface area contributed by atoms with Crippen molar-refractivity contribution >= 4 is 16.0 Å². The first kappa shape index (κ1) is 33.3. The molecule has 0 saturated carbocycles. The Morgan fingerprint density at radius 3 is 1.94 bits per heavy atom. The van der Waals surface area contributed by atoms with Gasteiger partial charge in [0.25, 0.3) is 0 Å². The molecule has 0 amide bonds. The van der Waals surface area contributed by atoms with Gasteiger partial charge in [0.15, 0.2) is 0 Å². The van der Waals surface area contributed by atoms with Crippen molar-refractivity contribution < 1.29 is 22.7 Å². The van der Waals surface area contributed by atoms with E-state index >= 15 is 0 Å². The highest BCUT2D eigenvalue weighted by Crippen LogP contribution is 2.16. The highest BCUT2D eigenvalue weighted by molar-refractivity contribution is 7.89. The number of sulfonamides is 1. The maximum absolute atomic E-state index is 12.7. The van der Waals surface area contributed by atoms with Crippen LogP contribution in [0.25, 0.3) is 0 Å². The monoisotopic (exact) mass is 532 g/mol. The van der Waals surface area contributed by atoms with Crippen LogP contribution in [0.2, 0.25) is 0 Å². The van der Waals surface area contributed by atoms with Gasteiger partial charge in [-0.15, -0.1) is 0 Å². The maximum atomic E-state index is 12.7. The van der Waals surface area contributed by atoms with Gasteiger partial charge in [-0.2, -0.15) is 0 Å². The molecule has 7 nitrogen and oxygen atoms in total. The molecule has 0 aromatic rings. The summed E-state index contributed by atoms with van der Waals surface area (Å²) >= 11 is 0. The second kappa shape index (κ2) is 20.3. The number of ether oxygens (including phenoxy) is 2. The maximum Gasteiger partial charge on any atom is 0.304 e. The highest BCUT2D eigenvalue weighted by atomic mass is 32.2. The van der Waals surface area contributed by atoms with E-state index in [1.807, 2.05) is 0 Å². The number of nitrogens with one attached hydrogen (secondary N) is 2. The standard InChI is InChI=1S/C28H56N2O5S/c1-5-6-7-8-9-10-11-12-13-14-15-16-17-18-21-36(32,33)30-26(22-24(2)3)23-29-27-19-20-34-28(27)35-25(4)31/h24,26-30H,5-23H2,1-4H3/t26-,27+,28+/m1/s1. The Morgan fingerprint density at radius 2 is 1.44 bits per heavy atom. The Labute approximate surface area is 222 Å². The second-order valence-electron chi connectivity index (χ2n) is 11.0. The lowest BCUT2D eigenvalue weighted by Crippen LogP contribution is -2.48. The van der Waals surface area contributed by atoms with Gasteiger partial charge >= 0.3 is 5.97 Å². The van der Waals surface area contributed by atoms with Gasteiger partial charge in [0, 0.05) is 19.5 Å².